The van der Waals surface area contributed by atoms with Crippen LogP contribution in [0.1, 0.15) is 43.4 Å². The van der Waals surface area contributed by atoms with Crippen molar-refractivity contribution >= 4 is 17.3 Å². The minimum Gasteiger partial charge on any atom is -0.495 e. The average Bonchev–Trinajstić information content (AvgIpc) is 2.61. The van der Waals surface area contributed by atoms with Crippen molar-refractivity contribution in [2.45, 2.75) is 45.3 Å². The summed E-state index contributed by atoms with van der Waals surface area (Å²) in [6, 6.07) is 9.60. The van der Waals surface area contributed by atoms with Gasteiger partial charge in [-0.15, -0.1) is 0 Å². The first-order valence-electron chi connectivity index (χ1n) is 8.59. The smallest absolute Gasteiger partial charge is 0.144 e. The summed E-state index contributed by atoms with van der Waals surface area (Å²) in [5, 5.41) is 24.1. The lowest BCUT2D eigenvalue weighted by molar-refractivity contribution is 0.0869. The Morgan fingerprint density at radius 1 is 1.31 bits per heavy atom. The van der Waals surface area contributed by atoms with Gasteiger partial charge in [0.1, 0.15) is 11.8 Å². The molecule has 2 N–H and O–H groups in total. The molecule has 2 aromatic carbocycles. The Morgan fingerprint density at radius 3 is 2.62 bits per heavy atom. The van der Waals surface area contributed by atoms with Crippen LogP contribution in [0.5, 0.6) is 5.75 Å². The molecule has 136 valence electrons. The number of para-hydroxylation sites is 1. The maximum absolute atomic E-state index is 10.7. The van der Waals surface area contributed by atoms with Gasteiger partial charge in [0.05, 0.1) is 29.3 Å². The monoisotopic (exact) mass is 370 g/mol. The highest BCUT2D eigenvalue weighted by Crippen LogP contribution is 2.49. The Hall–Kier alpha value is -2.22. The molecule has 3 rings (SSSR count). The lowest BCUT2D eigenvalue weighted by atomic mass is 9.77. The number of benzene rings is 2. The van der Waals surface area contributed by atoms with Crippen molar-refractivity contribution in [2.24, 2.45) is 0 Å². The van der Waals surface area contributed by atoms with E-state index in [1.807, 2.05) is 45.9 Å². The van der Waals surface area contributed by atoms with Gasteiger partial charge in [0.15, 0.2) is 0 Å². The number of rotatable bonds is 2. The van der Waals surface area contributed by atoms with E-state index in [9.17, 15) is 10.4 Å². The number of ether oxygens (including phenoxy) is 1. The van der Waals surface area contributed by atoms with E-state index < -0.39 is 11.6 Å². The number of nitriles is 1. The van der Waals surface area contributed by atoms with Crippen LogP contribution in [-0.4, -0.2) is 23.9 Å². The van der Waals surface area contributed by atoms with Crippen molar-refractivity contribution in [2.75, 3.05) is 12.4 Å². The third-order valence-electron chi connectivity index (χ3n) is 5.24. The second-order valence-electron chi connectivity index (χ2n) is 7.42. The zero-order valence-electron chi connectivity index (χ0n) is 15.6. The first kappa shape index (κ1) is 18.6. The molecule has 0 aliphatic carbocycles. The molecule has 2 atom stereocenters. The normalized spacial score (nSPS) is 20.7. The predicted octanol–water partition coefficient (Wildman–Crippen LogP) is 4.86. The van der Waals surface area contributed by atoms with Crippen molar-refractivity contribution in [3.05, 3.63) is 46.0 Å². The number of hydrogen-bond acceptors (Lipinski definition) is 4. The number of anilines is 1. The van der Waals surface area contributed by atoms with Crippen LogP contribution in [0.15, 0.2) is 24.3 Å². The van der Waals surface area contributed by atoms with Gasteiger partial charge in [0.2, 0.25) is 0 Å². The summed E-state index contributed by atoms with van der Waals surface area (Å²) in [4.78, 5) is 0. The molecule has 0 saturated carbocycles. The first-order chi connectivity index (χ1) is 12.2. The van der Waals surface area contributed by atoms with Gasteiger partial charge < -0.3 is 15.2 Å². The van der Waals surface area contributed by atoms with Crippen LogP contribution in [0, 0.1) is 18.3 Å². The van der Waals surface area contributed by atoms with Crippen molar-refractivity contribution in [1.82, 2.24) is 0 Å². The largest absolute Gasteiger partial charge is 0.495 e. The van der Waals surface area contributed by atoms with E-state index in [1.54, 1.807) is 13.2 Å². The second kappa shape index (κ2) is 6.50. The van der Waals surface area contributed by atoms with Crippen molar-refractivity contribution in [3.8, 4) is 22.9 Å². The van der Waals surface area contributed by atoms with Crippen LogP contribution in [0.25, 0.3) is 11.1 Å². The molecule has 0 unspecified atom stereocenters. The number of aliphatic hydroxyl groups excluding tert-OH is 1. The van der Waals surface area contributed by atoms with E-state index in [-0.39, 0.29) is 5.92 Å². The molecule has 1 aliphatic rings. The number of nitrogens with one attached hydrogen (secondary N) is 1. The summed E-state index contributed by atoms with van der Waals surface area (Å²) in [5.41, 5.74) is 4.50. The third kappa shape index (κ3) is 2.72. The number of methoxy groups -OCH3 is 1. The maximum Gasteiger partial charge on any atom is 0.144 e. The second-order valence-corrected chi connectivity index (χ2v) is 7.80. The lowest BCUT2D eigenvalue weighted by Crippen LogP contribution is -2.50. The summed E-state index contributed by atoms with van der Waals surface area (Å²) in [6.45, 7) is 7.98. The highest BCUT2D eigenvalue weighted by atomic mass is 35.5. The van der Waals surface area contributed by atoms with Crippen LogP contribution in [-0.2, 0) is 0 Å². The Balaban J connectivity index is 2.29. The van der Waals surface area contributed by atoms with E-state index in [0.29, 0.717) is 16.3 Å². The molecule has 2 aromatic rings. The van der Waals surface area contributed by atoms with Crippen LogP contribution in [0.3, 0.4) is 0 Å². The summed E-state index contributed by atoms with van der Waals surface area (Å²) in [6.07, 6.45) is -0.575. The Kier molecular flexibility index (Phi) is 4.64. The molecule has 0 radical (unpaired) electrons. The van der Waals surface area contributed by atoms with Gasteiger partial charge in [-0.05, 0) is 38.5 Å². The van der Waals surface area contributed by atoms with Gasteiger partial charge in [0.25, 0.3) is 0 Å². The Labute approximate surface area is 159 Å². The summed E-state index contributed by atoms with van der Waals surface area (Å²) < 4.78 is 5.50. The van der Waals surface area contributed by atoms with Crippen LogP contribution in [0.2, 0.25) is 5.02 Å². The number of halogens is 1. The van der Waals surface area contributed by atoms with E-state index in [1.165, 1.54) is 0 Å². The van der Waals surface area contributed by atoms with Crippen LogP contribution < -0.4 is 10.1 Å². The minimum atomic E-state index is -0.575. The number of nitrogens with zero attached hydrogens (tertiary/aromatic N) is 1. The molecule has 5 heteroatoms. The number of aryl methyl sites for hydroxylation is 1. The molecular formula is C21H23ClN2O2. The van der Waals surface area contributed by atoms with Crippen molar-refractivity contribution in [3.63, 3.8) is 0 Å². The number of fused-ring (bicyclic) bond motifs is 1. The Morgan fingerprint density at radius 2 is 2.00 bits per heavy atom. The predicted molar refractivity (Wildman–Crippen MR) is 105 cm³/mol. The van der Waals surface area contributed by atoms with Gasteiger partial charge in [0, 0.05) is 28.3 Å². The van der Waals surface area contributed by atoms with E-state index >= 15 is 0 Å². The number of hydrogen-bond donors (Lipinski definition) is 2. The summed E-state index contributed by atoms with van der Waals surface area (Å²) in [7, 11) is 1.55. The van der Waals surface area contributed by atoms with E-state index in [2.05, 4.69) is 11.4 Å². The van der Waals surface area contributed by atoms with E-state index in [4.69, 9.17) is 16.3 Å². The fourth-order valence-electron chi connectivity index (χ4n) is 3.84. The summed E-state index contributed by atoms with van der Waals surface area (Å²) >= 11 is 6.82. The van der Waals surface area contributed by atoms with Gasteiger partial charge in [-0.3, -0.25) is 0 Å². The van der Waals surface area contributed by atoms with Gasteiger partial charge in [-0.25, -0.2) is 0 Å². The highest BCUT2D eigenvalue weighted by Gasteiger charge is 2.40. The highest BCUT2D eigenvalue weighted by molar-refractivity contribution is 6.35. The maximum atomic E-state index is 10.7. The average molecular weight is 371 g/mol. The molecular weight excluding hydrogens is 348 g/mol. The third-order valence-corrected chi connectivity index (χ3v) is 5.65. The lowest BCUT2D eigenvalue weighted by Gasteiger charge is -2.43. The molecule has 1 heterocycles. The topological polar surface area (TPSA) is 65.3 Å². The van der Waals surface area contributed by atoms with Crippen molar-refractivity contribution in [1.29, 1.82) is 5.26 Å². The van der Waals surface area contributed by atoms with Crippen molar-refractivity contribution < 1.29 is 9.84 Å². The fourth-order valence-corrected chi connectivity index (χ4v) is 4.27. The first-order valence-corrected chi connectivity index (χ1v) is 8.97. The SMILES string of the molecule is COc1c(C#N)cccc1-c1cc(C)c2c(c1Cl)[C@H](C)[C@@H](O)C(C)(C)N2. The van der Waals surface area contributed by atoms with Gasteiger partial charge in [-0.2, -0.15) is 5.26 Å². The minimum absolute atomic E-state index is 0.127. The molecule has 0 fully saturated rings. The fraction of sp³-hybridized carbons (Fsp3) is 0.381. The molecule has 0 amide bonds. The molecule has 26 heavy (non-hydrogen) atoms. The molecule has 0 bridgehead atoms. The van der Waals surface area contributed by atoms with Gasteiger partial charge in [-0.1, -0.05) is 30.7 Å². The quantitative estimate of drug-likeness (QED) is 0.791. The molecule has 0 saturated heterocycles. The van der Waals surface area contributed by atoms with Crippen LogP contribution >= 0.6 is 11.6 Å². The summed E-state index contributed by atoms with van der Waals surface area (Å²) in [5.74, 6) is 0.381. The van der Waals surface area contributed by atoms with E-state index in [0.717, 1.165) is 27.9 Å². The van der Waals surface area contributed by atoms with Gasteiger partial charge >= 0.3 is 0 Å². The standard InChI is InChI=1S/C21H23ClN2O2/c1-11-9-15(14-8-6-7-13(10-23)19(14)26-5)17(22)16-12(2)20(25)21(3,4)24-18(11)16/h6-9,12,20,24-25H,1-5H3/t12-,20+/m0/s1. The zero-order valence-corrected chi connectivity index (χ0v) is 16.4. The van der Waals surface area contributed by atoms with Crippen LogP contribution in [0.4, 0.5) is 5.69 Å². The molecule has 0 aromatic heterocycles. The molecule has 1 aliphatic heterocycles. The Bertz CT molecular complexity index is 915. The number of aliphatic hydroxyl groups is 1. The molecule has 4 nitrogen and oxygen atoms in total. The molecule has 0 spiro atoms. The zero-order chi connectivity index (χ0) is 19.2.